The maximum Gasteiger partial charge on any atom is 0.253 e. The zero-order valence-electron chi connectivity index (χ0n) is 14.6. The molecule has 0 bridgehead atoms. The van der Waals surface area contributed by atoms with E-state index in [0.717, 1.165) is 51.5 Å². The molecule has 136 valence electrons. The first-order valence-electron chi connectivity index (χ1n) is 9.38. The van der Waals surface area contributed by atoms with Crippen molar-refractivity contribution < 1.29 is 18.7 Å². The smallest absolute Gasteiger partial charge is 0.253 e. The summed E-state index contributed by atoms with van der Waals surface area (Å²) in [6, 6.07) is 5.81. The van der Waals surface area contributed by atoms with Gasteiger partial charge in [0, 0.05) is 25.3 Å². The van der Waals surface area contributed by atoms with Crippen molar-refractivity contribution in [3.8, 4) is 0 Å². The van der Waals surface area contributed by atoms with Gasteiger partial charge in [-0.1, -0.05) is 0 Å². The molecule has 0 N–H and O–H groups in total. The molecule has 1 aliphatic carbocycles. The Bertz CT molecular complexity index is 606. The minimum Gasteiger partial charge on any atom is -0.378 e. The summed E-state index contributed by atoms with van der Waals surface area (Å²) in [6.07, 6.45) is 5.81. The number of piperidine rings is 1. The van der Waals surface area contributed by atoms with Gasteiger partial charge in [-0.25, -0.2) is 4.39 Å². The van der Waals surface area contributed by atoms with Crippen molar-refractivity contribution in [3.63, 3.8) is 0 Å². The molecule has 2 heterocycles. The van der Waals surface area contributed by atoms with Crippen LogP contribution in [0.25, 0.3) is 0 Å². The van der Waals surface area contributed by atoms with Crippen LogP contribution in [0.4, 0.5) is 4.39 Å². The third-order valence-electron chi connectivity index (χ3n) is 5.84. The lowest BCUT2D eigenvalue weighted by Crippen LogP contribution is -2.43. The summed E-state index contributed by atoms with van der Waals surface area (Å²) in [4.78, 5) is 14.4. The van der Waals surface area contributed by atoms with Gasteiger partial charge in [-0.3, -0.25) is 4.79 Å². The topological polar surface area (TPSA) is 38.8 Å². The van der Waals surface area contributed by atoms with Crippen LogP contribution < -0.4 is 0 Å². The number of carbonyl (C=O) groups is 1. The van der Waals surface area contributed by atoms with Crippen molar-refractivity contribution in [1.82, 2.24) is 4.90 Å². The van der Waals surface area contributed by atoms with Crippen LogP contribution in [0, 0.1) is 17.2 Å². The molecule has 0 unspecified atom stereocenters. The number of benzene rings is 1. The molecule has 1 atom stereocenters. The van der Waals surface area contributed by atoms with E-state index in [1.807, 2.05) is 4.90 Å². The van der Waals surface area contributed by atoms with Crippen molar-refractivity contribution >= 4 is 5.91 Å². The van der Waals surface area contributed by atoms with Gasteiger partial charge in [0.25, 0.3) is 5.91 Å². The van der Waals surface area contributed by atoms with Crippen molar-refractivity contribution in [1.29, 1.82) is 0 Å². The van der Waals surface area contributed by atoms with E-state index in [1.165, 1.54) is 25.0 Å². The Morgan fingerprint density at radius 1 is 1.20 bits per heavy atom. The molecule has 3 fully saturated rings. The number of hydrogen-bond donors (Lipinski definition) is 0. The Morgan fingerprint density at radius 3 is 2.60 bits per heavy atom. The number of amides is 1. The predicted octanol–water partition coefficient (Wildman–Crippen LogP) is 3.26. The molecule has 2 aliphatic heterocycles. The van der Waals surface area contributed by atoms with Gasteiger partial charge in [0.1, 0.15) is 5.82 Å². The van der Waals surface area contributed by atoms with Gasteiger partial charge < -0.3 is 14.4 Å². The molecule has 0 aromatic heterocycles. The average Bonchev–Trinajstić information content (AvgIpc) is 3.37. The number of nitrogens with zero attached hydrogens (tertiary/aromatic N) is 1. The number of carbonyl (C=O) groups excluding carboxylic acids is 1. The second kappa shape index (κ2) is 7.04. The first kappa shape index (κ1) is 17.0. The van der Waals surface area contributed by atoms with Crippen LogP contribution in [0.2, 0.25) is 0 Å². The van der Waals surface area contributed by atoms with Crippen LogP contribution >= 0.6 is 0 Å². The van der Waals surface area contributed by atoms with Gasteiger partial charge in [0.15, 0.2) is 0 Å². The quantitative estimate of drug-likeness (QED) is 0.821. The summed E-state index contributed by atoms with van der Waals surface area (Å²) in [6.45, 7) is 3.86. The molecule has 0 radical (unpaired) electrons. The lowest BCUT2D eigenvalue weighted by Gasteiger charge is -2.38. The maximum atomic E-state index is 13.0. The molecule has 2 saturated heterocycles. The Labute approximate surface area is 148 Å². The predicted molar refractivity (Wildman–Crippen MR) is 91.9 cm³/mol. The SMILES string of the molecule is O=C(c1ccc(F)cc1)N1CCC2(CC1)CO[C@@H](COCC1CC1)C2. The van der Waals surface area contributed by atoms with Crippen molar-refractivity contribution in [2.75, 3.05) is 32.9 Å². The number of rotatable bonds is 5. The van der Waals surface area contributed by atoms with E-state index in [-0.39, 0.29) is 23.2 Å². The number of ether oxygens (including phenoxy) is 2. The van der Waals surface area contributed by atoms with E-state index < -0.39 is 0 Å². The molecular weight excluding hydrogens is 321 g/mol. The number of hydrogen-bond acceptors (Lipinski definition) is 3. The van der Waals surface area contributed by atoms with Gasteiger partial charge >= 0.3 is 0 Å². The highest BCUT2D eigenvalue weighted by Gasteiger charge is 2.43. The highest BCUT2D eigenvalue weighted by molar-refractivity contribution is 5.94. The molecule has 4 rings (SSSR count). The van der Waals surface area contributed by atoms with Crippen LogP contribution in [-0.2, 0) is 9.47 Å². The van der Waals surface area contributed by atoms with Gasteiger partial charge in [-0.15, -0.1) is 0 Å². The second-order valence-corrected chi connectivity index (χ2v) is 7.92. The Kier molecular flexibility index (Phi) is 4.78. The van der Waals surface area contributed by atoms with Crippen LogP contribution in [0.15, 0.2) is 24.3 Å². The summed E-state index contributed by atoms with van der Waals surface area (Å²) in [7, 11) is 0. The van der Waals surface area contributed by atoms with E-state index >= 15 is 0 Å². The summed E-state index contributed by atoms with van der Waals surface area (Å²) in [5.41, 5.74) is 0.763. The van der Waals surface area contributed by atoms with E-state index in [4.69, 9.17) is 9.47 Å². The fourth-order valence-electron chi connectivity index (χ4n) is 3.96. The molecule has 1 amide bonds. The van der Waals surface area contributed by atoms with Gasteiger partial charge in [-0.2, -0.15) is 0 Å². The Morgan fingerprint density at radius 2 is 1.92 bits per heavy atom. The number of halogens is 1. The van der Waals surface area contributed by atoms with Crippen LogP contribution in [0.5, 0.6) is 0 Å². The normalized spacial score (nSPS) is 25.5. The Balaban J connectivity index is 1.26. The van der Waals surface area contributed by atoms with Gasteiger partial charge in [-0.05, 0) is 67.7 Å². The zero-order chi connectivity index (χ0) is 17.3. The maximum absolute atomic E-state index is 13.0. The molecule has 1 saturated carbocycles. The third-order valence-corrected chi connectivity index (χ3v) is 5.84. The fourth-order valence-corrected chi connectivity index (χ4v) is 3.96. The summed E-state index contributed by atoms with van der Waals surface area (Å²) in [5, 5.41) is 0. The molecule has 4 nitrogen and oxygen atoms in total. The summed E-state index contributed by atoms with van der Waals surface area (Å²) < 4.78 is 24.8. The van der Waals surface area contributed by atoms with Crippen LogP contribution in [0.1, 0.15) is 42.5 Å². The summed E-state index contributed by atoms with van der Waals surface area (Å²) >= 11 is 0. The highest BCUT2D eigenvalue weighted by Crippen LogP contribution is 2.42. The molecule has 25 heavy (non-hydrogen) atoms. The lowest BCUT2D eigenvalue weighted by molar-refractivity contribution is 0.00938. The molecule has 1 aromatic rings. The first-order chi connectivity index (χ1) is 12.1. The van der Waals surface area contributed by atoms with E-state index in [9.17, 15) is 9.18 Å². The van der Waals surface area contributed by atoms with E-state index in [2.05, 4.69) is 0 Å². The van der Waals surface area contributed by atoms with Crippen LogP contribution in [-0.4, -0.2) is 49.8 Å². The Hall–Kier alpha value is -1.46. The minimum atomic E-state index is -0.313. The highest BCUT2D eigenvalue weighted by atomic mass is 19.1. The van der Waals surface area contributed by atoms with Crippen LogP contribution in [0.3, 0.4) is 0 Å². The van der Waals surface area contributed by atoms with Crippen molar-refractivity contribution in [3.05, 3.63) is 35.6 Å². The molecule has 1 aromatic carbocycles. The molecular formula is C20H26FNO3. The average molecular weight is 347 g/mol. The second-order valence-electron chi connectivity index (χ2n) is 7.92. The fraction of sp³-hybridized carbons (Fsp3) is 0.650. The van der Waals surface area contributed by atoms with E-state index in [0.29, 0.717) is 12.2 Å². The van der Waals surface area contributed by atoms with Crippen molar-refractivity contribution in [2.24, 2.45) is 11.3 Å². The molecule has 1 spiro atoms. The lowest BCUT2D eigenvalue weighted by atomic mass is 9.76. The molecule has 5 heteroatoms. The largest absolute Gasteiger partial charge is 0.378 e. The van der Waals surface area contributed by atoms with Gasteiger partial charge in [0.2, 0.25) is 0 Å². The minimum absolute atomic E-state index is 0.00178. The first-order valence-corrected chi connectivity index (χ1v) is 9.38. The van der Waals surface area contributed by atoms with Gasteiger partial charge in [0.05, 0.1) is 19.3 Å². The molecule has 3 aliphatic rings. The zero-order valence-corrected chi connectivity index (χ0v) is 14.6. The number of likely N-dealkylation sites (tertiary alicyclic amines) is 1. The van der Waals surface area contributed by atoms with Crippen molar-refractivity contribution in [2.45, 2.75) is 38.2 Å². The third kappa shape index (κ3) is 4.04. The monoisotopic (exact) mass is 347 g/mol. The summed E-state index contributed by atoms with van der Waals surface area (Å²) in [5.74, 6) is 0.473. The standard InChI is InChI=1S/C20H26FNO3/c21-17-5-3-16(4-6-17)19(23)22-9-7-20(8-10-22)11-18(25-14-20)13-24-12-15-1-2-15/h3-6,15,18H,1-2,7-14H2/t18-/m1/s1. The van der Waals surface area contributed by atoms with E-state index in [1.54, 1.807) is 12.1 Å².